The van der Waals surface area contributed by atoms with Crippen molar-refractivity contribution in [1.82, 2.24) is 4.57 Å². The molecule has 1 atom stereocenters. The largest absolute Gasteiger partial charge is 0.443 e. The SMILES string of the molecule is CC(C)(C)OC(=O)N1CC(Cl)Cc2c1ccc1c2ccn1C(=O)c1ccccc1. The Kier molecular flexibility index (Phi) is 4.87. The summed E-state index contributed by atoms with van der Waals surface area (Å²) in [6.07, 6.45) is 1.98. The van der Waals surface area contributed by atoms with Crippen molar-refractivity contribution in [3.63, 3.8) is 0 Å². The number of benzene rings is 2. The fraction of sp³-hybridized carbons (Fsp3) is 0.304. The van der Waals surface area contributed by atoms with Gasteiger partial charge in [-0.1, -0.05) is 18.2 Å². The van der Waals surface area contributed by atoms with Gasteiger partial charge in [0.1, 0.15) is 5.60 Å². The van der Waals surface area contributed by atoms with Crippen LogP contribution in [-0.4, -0.2) is 34.1 Å². The third-order valence-electron chi connectivity index (χ3n) is 4.91. The molecule has 4 rings (SSSR count). The van der Waals surface area contributed by atoms with Gasteiger partial charge in [-0.25, -0.2) is 4.79 Å². The molecule has 29 heavy (non-hydrogen) atoms. The van der Waals surface area contributed by atoms with Crippen LogP contribution in [-0.2, 0) is 11.2 Å². The van der Waals surface area contributed by atoms with Crippen molar-refractivity contribution in [3.05, 3.63) is 65.9 Å². The summed E-state index contributed by atoms with van der Waals surface area (Å²) >= 11 is 6.50. The minimum atomic E-state index is -0.591. The van der Waals surface area contributed by atoms with Crippen LogP contribution in [0.2, 0.25) is 0 Å². The average Bonchev–Trinajstić information content (AvgIpc) is 3.10. The fourth-order valence-electron chi connectivity index (χ4n) is 3.70. The lowest BCUT2D eigenvalue weighted by Gasteiger charge is -2.34. The van der Waals surface area contributed by atoms with Crippen LogP contribution in [0.3, 0.4) is 0 Å². The molecule has 0 aliphatic carbocycles. The Morgan fingerprint density at radius 3 is 2.48 bits per heavy atom. The van der Waals surface area contributed by atoms with Crippen LogP contribution in [0.5, 0.6) is 0 Å². The van der Waals surface area contributed by atoms with Crippen LogP contribution in [0.25, 0.3) is 10.9 Å². The third kappa shape index (κ3) is 3.75. The Balaban J connectivity index is 1.77. The number of fused-ring (bicyclic) bond motifs is 3. The highest BCUT2D eigenvalue weighted by atomic mass is 35.5. The number of ether oxygens (including phenoxy) is 1. The number of halogens is 1. The molecule has 0 radical (unpaired) electrons. The van der Waals surface area contributed by atoms with Gasteiger partial charge in [0.05, 0.1) is 16.6 Å². The maximum absolute atomic E-state index is 12.9. The van der Waals surface area contributed by atoms with E-state index in [9.17, 15) is 9.59 Å². The van der Waals surface area contributed by atoms with E-state index in [2.05, 4.69) is 0 Å². The molecule has 5 nitrogen and oxygen atoms in total. The molecule has 150 valence electrons. The number of alkyl halides is 1. The zero-order valence-electron chi connectivity index (χ0n) is 16.7. The molecule has 1 aromatic heterocycles. The number of hydrogen-bond donors (Lipinski definition) is 0. The monoisotopic (exact) mass is 410 g/mol. The molecule has 3 aromatic rings. The van der Waals surface area contributed by atoms with E-state index in [0.29, 0.717) is 18.5 Å². The van der Waals surface area contributed by atoms with Crippen LogP contribution in [0.4, 0.5) is 10.5 Å². The number of carbonyl (C=O) groups excluding carboxylic acids is 2. The van der Waals surface area contributed by atoms with Crippen molar-refractivity contribution in [2.24, 2.45) is 0 Å². The van der Waals surface area contributed by atoms with Gasteiger partial charge in [-0.2, -0.15) is 0 Å². The number of nitrogens with zero attached hydrogens (tertiary/aromatic N) is 2. The van der Waals surface area contributed by atoms with Crippen molar-refractivity contribution >= 4 is 40.2 Å². The van der Waals surface area contributed by atoms with Gasteiger partial charge < -0.3 is 4.74 Å². The second-order valence-corrected chi connectivity index (χ2v) is 8.86. The standard InChI is InChI=1S/C23H23ClN2O3/c1-23(2,3)29-22(28)26-14-16(24)13-18-17-11-12-25(19(17)9-10-20(18)26)21(27)15-7-5-4-6-8-15/h4-12,16H,13-14H2,1-3H3. The highest BCUT2D eigenvalue weighted by Crippen LogP contribution is 2.36. The Bertz CT molecular complexity index is 1080. The van der Waals surface area contributed by atoms with E-state index in [1.54, 1.807) is 27.8 Å². The molecule has 0 bridgehead atoms. The summed E-state index contributed by atoms with van der Waals surface area (Å²) in [6, 6.07) is 14.8. The zero-order valence-corrected chi connectivity index (χ0v) is 17.4. The summed E-state index contributed by atoms with van der Waals surface area (Å²) in [5, 5.41) is 0.694. The van der Waals surface area contributed by atoms with Gasteiger partial charge in [0.25, 0.3) is 5.91 Å². The quantitative estimate of drug-likeness (QED) is 0.516. The molecular weight excluding hydrogens is 388 g/mol. The van der Waals surface area contributed by atoms with Gasteiger partial charge in [0, 0.05) is 23.7 Å². The van der Waals surface area contributed by atoms with Gasteiger partial charge in [-0.05, 0) is 63.1 Å². The van der Waals surface area contributed by atoms with Gasteiger partial charge in [-0.3, -0.25) is 14.3 Å². The van der Waals surface area contributed by atoms with E-state index < -0.39 is 11.7 Å². The van der Waals surface area contributed by atoms with Crippen molar-refractivity contribution in [1.29, 1.82) is 0 Å². The molecule has 6 heteroatoms. The summed E-state index contributed by atoms with van der Waals surface area (Å²) in [5.74, 6) is -0.0946. The lowest BCUT2D eigenvalue weighted by molar-refractivity contribution is 0.0578. The highest BCUT2D eigenvalue weighted by molar-refractivity contribution is 6.22. The molecule has 2 aromatic carbocycles. The second kappa shape index (κ2) is 7.23. The first-order valence-corrected chi connectivity index (χ1v) is 10.1. The lowest BCUT2D eigenvalue weighted by atomic mass is 9.98. The summed E-state index contributed by atoms with van der Waals surface area (Å²) in [6.45, 7) is 5.91. The number of aromatic nitrogens is 1. The first kappa shape index (κ1) is 19.5. The first-order valence-electron chi connectivity index (χ1n) is 9.62. The minimum absolute atomic E-state index is 0.0946. The summed E-state index contributed by atoms with van der Waals surface area (Å²) in [4.78, 5) is 27.3. The predicted octanol–water partition coefficient (Wildman–Crippen LogP) is 5.23. The van der Waals surface area contributed by atoms with E-state index in [1.807, 2.05) is 57.2 Å². The second-order valence-electron chi connectivity index (χ2n) is 8.25. The molecule has 1 aliphatic heterocycles. The van der Waals surface area contributed by atoms with E-state index in [4.69, 9.17) is 16.3 Å². The molecule has 0 spiro atoms. The molecule has 0 fully saturated rings. The average molecular weight is 411 g/mol. The smallest absolute Gasteiger partial charge is 0.414 e. The van der Waals surface area contributed by atoms with Crippen LogP contribution in [0.15, 0.2) is 54.7 Å². The van der Waals surface area contributed by atoms with E-state index in [1.165, 1.54) is 0 Å². The van der Waals surface area contributed by atoms with E-state index in [-0.39, 0.29) is 11.3 Å². The molecule has 0 N–H and O–H groups in total. The van der Waals surface area contributed by atoms with Gasteiger partial charge >= 0.3 is 6.09 Å². The van der Waals surface area contributed by atoms with Crippen molar-refractivity contribution in [3.8, 4) is 0 Å². The van der Waals surface area contributed by atoms with Gasteiger partial charge in [0.15, 0.2) is 0 Å². The molecule has 0 saturated carbocycles. The van der Waals surface area contributed by atoms with E-state index in [0.717, 1.165) is 22.2 Å². The highest BCUT2D eigenvalue weighted by Gasteiger charge is 2.32. The Hall–Kier alpha value is -2.79. The van der Waals surface area contributed by atoms with Crippen LogP contribution < -0.4 is 4.90 Å². The number of rotatable bonds is 1. The van der Waals surface area contributed by atoms with Crippen LogP contribution >= 0.6 is 11.6 Å². The van der Waals surface area contributed by atoms with Crippen molar-refractivity contribution < 1.29 is 14.3 Å². The normalized spacial score (nSPS) is 16.6. The maximum Gasteiger partial charge on any atom is 0.414 e. The van der Waals surface area contributed by atoms with Crippen LogP contribution in [0, 0.1) is 0 Å². The molecule has 1 unspecified atom stereocenters. The molecule has 0 saturated heterocycles. The Labute approximate surface area is 174 Å². The van der Waals surface area contributed by atoms with Crippen molar-refractivity contribution in [2.75, 3.05) is 11.4 Å². The minimum Gasteiger partial charge on any atom is -0.443 e. The fourth-order valence-corrected chi connectivity index (χ4v) is 4.00. The lowest BCUT2D eigenvalue weighted by Crippen LogP contribution is -2.43. The molecule has 1 amide bonds. The van der Waals surface area contributed by atoms with Gasteiger partial charge in [-0.15, -0.1) is 11.6 Å². The first-order chi connectivity index (χ1) is 13.7. The number of carbonyl (C=O) groups is 2. The predicted molar refractivity (Wildman–Crippen MR) is 115 cm³/mol. The number of anilines is 1. The Morgan fingerprint density at radius 1 is 1.07 bits per heavy atom. The Morgan fingerprint density at radius 2 is 1.79 bits per heavy atom. The van der Waals surface area contributed by atoms with E-state index >= 15 is 0 Å². The summed E-state index contributed by atoms with van der Waals surface area (Å²) in [5.41, 5.74) is 2.57. The number of hydrogen-bond acceptors (Lipinski definition) is 3. The zero-order chi connectivity index (χ0) is 20.8. The van der Waals surface area contributed by atoms with Crippen LogP contribution in [0.1, 0.15) is 36.7 Å². The summed E-state index contributed by atoms with van der Waals surface area (Å²) < 4.78 is 7.20. The molecule has 2 heterocycles. The van der Waals surface area contributed by atoms with Crippen molar-refractivity contribution in [2.45, 2.75) is 38.2 Å². The number of amides is 1. The maximum atomic E-state index is 12.9. The third-order valence-corrected chi connectivity index (χ3v) is 5.20. The summed E-state index contributed by atoms with van der Waals surface area (Å²) in [7, 11) is 0. The molecular formula is C23H23ClN2O3. The topological polar surface area (TPSA) is 51.5 Å². The molecule has 1 aliphatic rings. The van der Waals surface area contributed by atoms with Gasteiger partial charge in [0.2, 0.25) is 0 Å².